The minimum Gasteiger partial charge on any atom is -0.314 e. The molecule has 0 saturated heterocycles. The van der Waals surface area contributed by atoms with Gasteiger partial charge in [-0.2, -0.15) is 0 Å². The van der Waals surface area contributed by atoms with Crippen LogP contribution in [-0.4, -0.2) is 19.3 Å². The number of halogens is 1. The average Bonchev–Trinajstić information content (AvgIpc) is 1.88. The van der Waals surface area contributed by atoms with Gasteiger partial charge in [0.1, 0.15) is 6.17 Å². The molecule has 1 aliphatic carbocycles. The van der Waals surface area contributed by atoms with E-state index in [4.69, 9.17) is 0 Å². The molecule has 0 amide bonds. The molecule has 3 unspecified atom stereocenters. The van der Waals surface area contributed by atoms with Crippen LogP contribution in [0, 0.1) is 5.92 Å². The first kappa shape index (κ1) is 7.99. The van der Waals surface area contributed by atoms with Gasteiger partial charge in [0.2, 0.25) is 0 Å². The van der Waals surface area contributed by atoms with E-state index in [0.717, 1.165) is 12.8 Å². The second-order valence-corrected chi connectivity index (χ2v) is 3.33. The van der Waals surface area contributed by atoms with Crippen LogP contribution < -0.4 is 5.32 Å². The Kier molecular flexibility index (Phi) is 2.66. The average molecular weight is 145 g/mol. The van der Waals surface area contributed by atoms with E-state index in [9.17, 15) is 4.39 Å². The lowest BCUT2D eigenvalue weighted by molar-refractivity contribution is 0.161. The van der Waals surface area contributed by atoms with Gasteiger partial charge in [-0.3, -0.25) is 0 Å². The second-order valence-electron chi connectivity index (χ2n) is 3.33. The normalized spacial score (nSPS) is 41.7. The molecule has 0 aromatic carbocycles. The van der Waals surface area contributed by atoms with Crippen LogP contribution in [-0.2, 0) is 0 Å². The first-order valence-corrected chi connectivity index (χ1v) is 4.05. The van der Waals surface area contributed by atoms with Crippen LogP contribution >= 0.6 is 0 Å². The third-order valence-electron chi connectivity index (χ3n) is 2.41. The summed E-state index contributed by atoms with van der Waals surface area (Å²) in [7, 11) is 1.84. The van der Waals surface area contributed by atoms with Crippen LogP contribution in [0.2, 0.25) is 0 Å². The van der Waals surface area contributed by atoms with Crippen molar-refractivity contribution in [1.82, 2.24) is 5.32 Å². The quantitative estimate of drug-likeness (QED) is 0.592. The lowest BCUT2D eigenvalue weighted by Gasteiger charge is -2.29. The van der Waals surface area contributed by atoms with Gasteiger partial charge in [0.05, 0.1) is 0 Å². The molecule has 0 heterocycles. The van der Waals surface area contributed by atoms with Gasteiger partial charge in [-0.05, 0) is 32.2 Å². The topological polar surface area (TPSA) is 12.0 Å². The summed E-state index contributed by atoms with van der Waals surface area (Å²) in [6.45, 7) is 2.12. The third kappa shape index (κ3) is 1.69. The van der Waals surface area contributed by atoms with Crippen molar-refractivity contribution in [3.05, 3.63) is 0 Å². The summed E-state index contributed by atoms with van der Waals surface area (Å²) in [5.74, 6) is 0.583. The summed E-state index contributed by atoms with van der Waals surface area (Å²) in [4.78, 5) is 0. The Morgan fingerprint density at radius 2 is 2.10 bits per heavy atom. The maximum absolute atomic E-state index is 13.0. The maximum Gasteiger partial charge on any atom is 0.116 e. The molecule has 1 aliphatic rings. The highest BCUT2D eigenvalue weighted by Crippen LogP contribution is 2.25. The molecular formula is C8H16FN. The molecule has 0 aliphatic heterocycles. The van der Waals surface area contributed by atoms with Crippen LogP contribution in [0.25, 0.3) is 0 Å². The monoisotopic (exact) mass is 145 g/mol. The van der Waals surface area contributed by atoms with Crippen LogP contribution in [0.5, 0.6) is 0 Å². The lowest BCUT2D eigenvalue weighted by atomic mass is 9.86. The van der Waals surface area contributed by atoms with Crippen molar-refractivity contribution in [1.29, 1.82) is 0 Å². The van der Waals surface area contributed by atoms with Crippen LogP contribution in [0.15, 0.2) is 0 Å². The highest BCUT2D eigenvalue weighted by molar-refractivity contribution is 4.82. The predicted octanol–water partition coefficient (Wildman–Crippen LogP) is 1.73. The van der Waals surface area contributed by atoms with E-state index in [0.29, 0.717) is 5.92 Å². The summed E-state index contributed by atoms with van der Waals surface area (Å²) in [5, 5.41) is 3.00. The minimum atomic E-state index is -0.617. The molecule has 1 fully saturated rings. The lowest BCUT2D eigenvalue weighted by Crippen LogP contribution is -2.39. The van der Waals surface area contributed by atoms with Gasteiger partial charge in [0, 0.05) is 6.04 Å². The zero-order valence-electron chi connectivity index (χ0n) is 6.73. The largest absolute Gasteiger partial charge is 0.314 e. The molecule has 0 aromatic rings. The highest BCUT2D eigenvalue weighted by atomic mass is 19.1. The Hall–Kier alpha value is -0.110. The van der Waals surface area contributed by atoms with Gasteiger partial charge in [0.15, 0.2) is 0 Å². The molecule has 0 bridgehead atoms. The van der Waals surface area contributed by atoms with Gasteiger partial charge < -0.3 is 5.32 Å². The van der Waals surface area contributed by atoms with Gasteiger partial charge >= 0.3 is 0 Å². The van der Waals surface area contributed by atoms with Crippen molar-refractivity contribution in [2.75, 3.05) is 7.05 Å². The molecule has 3 atom stereocenters. The predicted molar refractivity (Wildman–Crippen MR) is 40.8 cm³/mol. The molecule has 0 spiro atoms. The zero-order chi connectivity index (χ0) is 7.56. The molecule has 60 valence electrons. The fourth-order valence-corrected chi connectivity index (χ4v) is 1.64. The van der Waals surface area contributed by atoms with E-state index in [2.05, 4.69) is 12.2 Å². The number of hydrogen-bond donors (Lipinski definition) is 1. The number of nitrogens with one attached hydrogen (secondary N) is 1. The molecular weight excluding hydrogens is 129 g/mol. The highest BCUT2D eigenvalue weighted by Gasteiger charge is 2.26. The van der Waals surface area contributed by atoms with Crippen LogP contribution in [0.4, 0.5) is 4.39 Å². The van der Waals surface area contributed by atoms with E-state index in [-0.39, 0.29) is 6.04 Å². The molecule has 1 rings (SSSR count). The third-order valence-corrected chi connectivity index (χ3v) is 2.41. The molecule has 10 heavy (non-hydrogen) atoms. The number of alkyl halides is 1. The minimum absolute atomic E-state index is 0.121. The van der Waals surface area contributed by atoms with E-state index < -0.39 is 6.17 Å². The van der Waals surface area contributed by atoms with E-state index in [1.165, 1.54) is 6.42 Å². The van der Waals surface area contributed by atoms with Crippen molar-refractivity contribution in [3.63, 3.8) is 0 Å². The Morgan fingerprint density at radius 3 is 2.60 bits per heavy atom. The van der Waals surface area contributed by atoms with Crippen LogP contribution in [0.1, 0.15) is 26.2 Å². The van der Waals surface area contributed by atoms with Crippen LogP contribution in [0.3, 0.4) is 0 Å². The fraction of sp³-hybridized carbons (Fsp3) is 1.00. The first-order chi connectivity index (χ1) is 4.74. The second kappa shape index (κ2) is 3.33. The smallest absolute Gasteiger partial charge is 0.116 e. The Bertz CT molecular complexity index is 105. The van der Waals surface area contributed by atoms with Gasteiger partial charge in [-0.15, -0.1) is 0 Å². The summed E-state index contributed by atoms with van der Waals surface area (Å²) in [5.41, 5.74) is 0. The Labute approximate surface area is 62.0 Å². The SMILES string of the molecule is CNC1CCC(C)CC1F. The van der Waals surface area contributed by atoms with Crippen molar-refractivity contribution in [3.8, 4) is 0 Å². The zero-order valence-corrected chi connectivity index (χ0v) is 6.73. The van der Waals surface area contributed by atoms with Gasteiger partial charge in [-0.25, -0.2) is 4.39 Å². The Morgan fingerprint density at radius 1 is 1.40 bits per heavy atom. The van der Waals surface area contributed by atoms with Gasteiger partial charge in [0.25, 0.3) is 0 Å². The summed E-state index contributed by atoms with van der Waals surface area (Å²) < 4.78 is 13.0. The first-order valence-electron chi connectivity index (χ1n) is 4.05. The van der Waals surface area contributed by atoms with Crippen molar-refractivity contribution >= 4 is 0 Å². The van der Waals surface area contributed by atoms with Crippen molar-refractivity contribution in [2.45, 2.75) is 38.4 Å². The molecule has 1 nitrogen and oxygen atoms in total. The fourth-order valence-electron chi connectivity index (χ4n) is 1.64. The standard InChI is InChI=1S/C8H16FN/c1-6-3-4-8(10-2)7(9)5-6/h6-8,10H,3-5H2,1-2H3. The van der Waals surface area contributed by atoms with Crippen molar-refractivity contribution in [2.24, 2.45) is 5.92 Å². The molecule has 1 saturated carbocycles. The van der Waals surface area contributed by atoms with Gasteiger partial charge in [-0.1, -0.05) is 6.92 Å². The summed E-state index contributed by atoms with van der Waals surface area (Å²) in [6, 6.07) is 0.121. The van der Waals surface area contributed by atoms with E-state index in [1.54, 1.807) is 0 Å². The maximum atomic E-state index is 13.0. The van der Waals surface area contributed by atoms with Crippen molar-refractivity contribution < 1.29 is 4.39 Å². The van der Waals surface area contributed by atoms with E-state index >= 15 is 0 Å². The number of hydrogen-bond acceptors (Lipinski definition) is 1. The summed E-state index contributed by atoms with van der Waals surface area (Å²) in [6.07, 6.45) is 2.30. The van der Waals surface area contributed by atoms with E-state index in [1.807, 2.05) is 7.05 Å². The Balaban J connectivity index is 2.36. The molecule has 0 radical (unpaired) electrons. The molecule has 1 N–H and O–H groups in total. The molecule has 0 aromatic heterocycles. The number of rotatable bonds is 1. The summed E-state index contributed by atoms with van der Waals surface area (Å²) >= 11 is 0. The molecule has 2 heteroatoms.